The Labute approximate surface area is 290 Å². The smallest absolute Gasteiger partial charge is 0.319 e. The second kappa shape index (κ2) is 10.4. The Morgan fingerprint density at radius 2 is 1.86 bits per heavy atom. The number of aromatic nitrogens is 4. The lowest BCUT2D eigenvalue weighted by Gasteiger charge is -2.35. The third-order valence-electron chi connectivity index (χ3n) is 12.2. The standard InChI is InChI=1S/C38H35F4N7O2/c1-3-24-27(39)8-5-20-11-23(50)12-25(28(20)24)29-31(40)33-30(26-15-47(2)46-32(26)29)34(48-13-21-6-7-22(14-48)43-21)45-35(44-33)51-19-37-9-4-10-49(37)18-36(16-37)17-38(36,41)42/h1,5,8,11-12,15,21-22,43,50H,4,6-7,9-10,13-14,16-19H2,2H3/t21?,22?,36-,37-/m1/s1. The maximum atomic E-state index is 17.6. The van der Waals surface area contributed by atoms with E-state index in [0.717, 1.165) is 32.2 Å². The molecule has 1 aliphatic carbocycles. The van der Waals surface area contributed by atoms with Crippen molar-refractivity contribution >= 4 is 38.4 Å². The number of terminal acetylenes is 1. The quantitative estimate of drug-likeness (QED) is 0.174. The fraction of sp³-hybridized carbons (Fsp3) is 0.447. The Morgan fingerprint density at radius 3 is 2.61 bits per heavy atom. The monoisotopic (exact) mass is 697 g/mol. The lowest BCUT2D eigenvalue weighted by Crippen LogP contribution is -2.51. The van der Waals surface area contributed by atoms with Crippen LogP contribution in [0.3, 0.4) is 0 Å². The first-order valence-electron chi connectivity index (χ1n) is 17.5. The van der Waals surface area contributed by atoms with Gasteiger partial charge in [0.25, 0.3) is 5.92 Å². The summed E-state index contributed by atoms with van der Waals surface area (Å²) in [5.74, 6) is -1.31. The van der Waals surface area contributed by atoms with Gasteiger partial charge in [0.2, 0.25) is 0 Å². The van der Waals surface area contributed by atoms with Gasteiger partial charge in [0, 0.05) is 67.7 Å². The fourth-order valence-electron chi connectivity index (χ4n) is 9.84. The number of rotatable bonds is 5. The molecule has 3 aromatic carbocycles. The summed E-state index contributed by atoms with van der Waals surface area (Å²) in [6.07, 6.45) is 11.4. The molecule has 6 heterocycles. The molecule has 4 saturated heterocycles. The van der Waals surface area contributed by atoms with Gasteiger partial charge in [-0.15, -0.1) is 6.42 Å². The van der Waals surface area contributed by atoms with E-state index in [-0.39, 0.29) is 70.0 Å². The molecule has 5 fully saturated rings. The molecule has 10 rings (SSSR count). The fourth-order valence-corrected chi connectivity index (χ4v) is 9.84. The highest BCUT2D eigenvalue weighted by atomic mass is 19.3. The number of piperazine rings is 1. The highest BCUT2D eigenvalue weighted by Gasteiger charge is 2.77. The number of halogens is 4. The van der Waals surface area contributed by atoms with Crippen LogP contribution in [0.1, 0.15) is 44.1 Å². The van der Waals surface area contributed by atoms with E-state index in [9.17, 15) is 13.9 Å². The van der Waals surface area contributed by atoms with Crippen molar-refractivity contribution in [2.45, 2.75) is 62.1 Å². The number of benzene rings is 3. The van der Waals surface area contributed by atoms with Crippen LogP contribution in [-0.4, -0.2) is 86.1 Å². The van der Waals surface area contributed by atoms with Gasteiger partial charge in [0.15, 0.2) is 5.82 Å². The van der Waals surface area contributed by atoms with E-state index in [1.54, 1.807) is 17.9 Å². The van der Waals surface area contributed by atoms with Crippen LogP contribution in [0.2, 0.25) is 0 Å². The molecule has 4 atom stereocenters. The van der Waals surface area contributed by atoms with Gasteiger partial charge >= 0.3 is 6.01 Å². The predicted octanol–water partition coefficient (Wildman–Crippen LogP) is 5.88. The number of aryl methyl sites for hydroxylation is 1. The molecule has 4 aliphatic heterocycles. The average Bonchev–Trinajstić information content (AvgIpc) is 3.61. The van der Waals surface area contributed by atoms with Gasteiger partial charge in [-0.2, -0.15) is 15.1 Å². The second-order valence-electron chi connectivity index (χ2n) is 15.4. The molecule has 13 heteroatoms. The molecule has 2 aromatic heterocycles. The van der Waals surface area contributed by atoms with E-state index in [1.165, 1.54) is 24.3 Å². The number of phenols is 1. The van der Waals surface area contributed by atoms with Crippen molar-refractivity contribution < 1.29 is 27.4 Å². The number of anilines is 1. The molecule has 1 saturated carbocycles. The van der Waals surface area contributed by atoms with E-state index in [1.807, 2.05) is 0 Å². The van der Waals surface area contributed by atoms with Crippen LogP contribution in [0.15, 0.2) is 30.5 Å². The predicted molar refractivity (Wildman–Crippen MR) is 184 cm³/mol. The van der Waals surface area contributed by atoms with Gasteiger partial charge in [-0.25, -0.2) is 17.6 Å². The third-order valence-corrected chi connectivity index (χ3v) is 12.2. The summed E-state index contributed by atoms with van der Waals surface area (Å²) in [5.41, 5.74) is -1.22. The summed E-state index contributed by atoms with van der Waals surface area (Å²) in [7, 11) is 1.73. The number of aromatic hydroxyl groups is 1. The summed E-state index contributed by atoms with van der Waals surface area (Å²) >= 11 is 0. The van der Waals surface area contributed by atoms with Crippen LogP contribution >= 0.6 is 0 Å². The van der Waals surface area contributed by atoms with E-state index >= 15 is 8.78 Å². The Balaban J connectivity index is 1.18. The number of hydrogen-bond acceptors (Lipinski definition) is 8. The number of nitrogens with one attached hydrogen (secondary N) is 1. The summed E-state index contributed by atoms with van der Waals surface area (Å²) in [4.78, 5) is 14.0. The van der Waals surface area contributed by atoms with Crippen LogP contribution in [-0.2, 0) is 7.05 Å². The van der Waals surface area contributed by atoms with Crippen molar-refractivity contribution in [1.29, 1.82) is 0 Å². The number of nitrogens with zero attached hydrogens (tertiary/aromatic N) is 6. The zero-order valence-electron chi connectivity index (χ0n) is 27.9. The molecule has 51 heavy (non-hydrogen) atoms. The number of alkyl halides is 2. The van der Waals surface area contributed by atoms with Crippen molar-refractivity contribution in [2.24, 2.45) is 12.5 Å². The Morgan fingerprint density at radius 1 is 1.08 bits per heavy atom. The van der Waals surface area contributed by atoms with E-state index in [0.29, 0.717) is 48.0 Å². The molecule has 262 valence electrons. The number of phenolic OH excluding ortho intramolecular Hbond substituents is 1. The molecular weight excluding hydrogens is 662 g/mol. The number of hydrogen-bond donors (Lipinski definition) is 2. The summed E-state index contributed by atoms with van der Waals surface area (Å²) in [6.45, 7) is 2.46. The van der Waals surface area contributed by atoms with Crippen molar-refractivity contribution in [3.8, 4) is 35.2 Å². The van der Waals surface area contributed by atoms with Gasteiger partial charge in [-0.1, -0.05) is 12.0 Å². The highest BCUT2D eigenvalue weighted by molar-refractivity contribution is 6.18. The first-order valence-corrected chi connectivity index (χ1v) is 17.5. The van der Waals surface area contributed by atoms with Gasteiger partial charge in [-0.3, -0.25) is 9.58 Å². The first kappa shape index (κ1) is 31.1. The lowest BCUT2D eigenvalue weighted by atomic mass is 9.89. The minimum Gasteiger partial charge on any atom is -0.508 e. The van der Waals surface area contributed by atoms with Crippen molar-refractivity contribution in [3.63, 3.8) is 0 Å². The normalized spacial score (nSPS) is 28.0. The molecule has 2 unspecified atom stereocenters. The van der Waals surface area contributed by atoms with Gasteiger partial charge in [0.05, 0.1) is 21.9 Å². The maximum Gasteiger partial charge on any atom is 0.319 e. The average molecular weight is 698 g/mol. The molecule has 5 aromatic rings. The Kier molecular flexibility index (Phi) is 6.37. The van der Waals surface area contributed by atoms with Crippen molar-refractivity contribution in [3.05, 3.63) is 47.7 Å². The third kappa shape index (κ3) is 4.45. The van der Waals surface area contributed by atoms with Crippen molar-refractivity contribution in [2.75, 3.05) is 37.7 Å². The summed E-state index contributed by atoms with van der Waals surface area (Å²) < 4.78 is 69.9. The van der Waals surface area contributed by atoms with Gasteiger partial charge in [0.1, 0.15) is 35.0 Å². The number of ether oxygens (including phenoxy) is 1. The lowest BCUT2D eigenvalue weighted by molar-refractivity contribution is 0.0647. The van der Waals surface area contributed by atoms with E-state index in [2.05, 4.69) is 26.1 Å². The Hall–Kier alpha value is -4.67. The zero-order chi connectivity index (χ0) is 35.0. The minimum absolute atomic E-state index is 0.00587. The topological polar surface area (TPSA) is 91.6 Å². The first-order chi connectivity index (χ1) is 24.5. The van der Waals surface area contributed by atoms with E-state index in [4.69, 9.17) is 21.1 Å². The van der Waals surface area contributed by atoms with Crippen LogP contribution in [0.4, 0.5) is 23.4 Å². The molecule has 2 bridgehead atoms. The van der Waals surface area contributed by atoms with Crippen molar-refractivity contribution in [1.82, 2.24) is 30.0 Å². The summed E-state index contributed by atoms with van der Waals surface area (Å²) in [6, 6.07) is 5.97. The van der Waals surface area contributed by atoms with Crippen LogP contribution in [0.5, 0.6) is 11.8 Å². The van der Waals surface area contributed by atoms with Crippen LogP contribution in [0.25, 0.3) is 43.7 Å². The minimum atomic E-state index is -2.68. The van der Waals surface area contributed by atoms with Gasteiger partial charge in [-0.05, 0) is 67.8 Å². The van der Waals surface area contributed by atoms with Gasteiger partial charge < -0.3 is 20.1 Å². The molecule has 1 spiro atoms. The van der Waals surface area contributed by atoms with Crippen LogP contribution < -0.4 is 15.0 Å². The highest BCUT2D eigenvalue weighted by Crippen LogP contribution is 2.69. The van der Waals surface area contributed by atoms with E-state index < -0.39 is 28.5 Å². The largest absolute Gasteiger partial charge is 0.508 e. The SMILES string of the molecule is C#Cc1c(F)ccc2cc(O)cc(-c3c(F)c4nc(OC[C@]56CCCN5C[C@]5(CC5(F)F)C6)nc(N5CC6CCC(C5)N6)c4c4cn(C)nc34)c12. The molecule has 9 nitrogen and oxygen atoms in total. The molecule has 2 N–H and O–H groups in total. The Bertz CT molecular complexity index is 2360. The summed E-state index contributed by atoms with van der Waals surface area (Å²) in [5, 5.41) is 20.9. The number of fused-ring (bicyclic) bond motifs is 7. The maximum absolute atomic E-state index is 17.6. The molecule has 0 amide bonds. The molecule has 5 aliphatic rings. The van der Waals surface area contributed by atoms with Crippen LogP contribution in [0, 0.1) is 29.4 Å². The molecule has 0 radical (unpaired) electrons. The molecular formula is C38H35F4N7O2. The zero-order valence-corrected chi connectivity index (χ0v) is 27.9. The second-order valence-corrected chi connectivity index (χ2v) is 15.4.